The number of pyridine rings is 1. The zero-order chi connectivity index (χ0) is 26.9. The third-order valence-corrected chi connectivity index (χ3v) is 9.27. The first-order chi connectivity index (χ1) is 18.3. The highest BCUT2D eigenvalue weighted by Crippen LogP contribution is 2.32. The van der Waals surface area contributed by atoms with Gasteiger partial charge in [0.25, 0.3) is 0 Å². The summed E-state index contributed by atoms with van der Waals surface area (Å²) in [7, 11) is -2.33. The molecule has 0 spiro atoms. The number of carbonyl (C=O) groups is 1. The van der Waals surface area contributed by atoms with E-state index in [0.717, 1.165) is 16.3 Å². The Hall–Kier alpha value is -3.80. The second kappa shape index (κ2) is 10.5. The van der Waals surface area contributed by atoms with Gasteiger partial charge in [0.2, 0.25) is 5.91 Å². The van der Waals surface area contributed by atoms with Gasteiger partial charge in [-0.2, -0.15) is 11.3 Å². The second-order valence-electron chi connectivity index (χ2n) is 9.09. The lowest BCUT2D eigenvalue weighted by atomic mass is 10.1. The van der Waals surface area contributed by atoms with E-state index in [0.29, 0.717) is 36.5 Å². The van der Waals surface area contributed by atoms with Crippen molar-refractivity contribution in [1.29, 1.82) is 5.41 Å². The van der Waals surface area contributed by atoms with Crippen molar-refractivity contribution < 1.29 is 17.9 Å². The molecule has 0 bridgehead atoms. The number of amides is 1. The van der Waals surface area contributed by atoms with E-state index in [9.17, 15) is 13.2 Å². The van der Waals surface area contributed by atoms with Crippen LogP contribution in [0.3, 0.4) is 0 Å². The van der Waals surface area contributed by atoms with Gasteiger partial charge < -0.3 is 15.4 Å². The summed E-state index contributed by atoms with van der Waals surface area (Å²) in [5.41, 5.74) is 7.28. The van der Waals surface area contributed by atoms with Gasteiger partial charge in [-0.05, 0) is 81.5 Å². The predicted octanol–water partition coefficient (Wildman–Crippen LogP) is 3.45. The molecule has 1 saturated heterocycles. The zero-order valence-corrected chi connectivity index (χ0v) is 22.3. The van der Waals surface area contributed by atoms with Crippen LogP contribution in [-0.2, 0) is 21.2 Å². The van der Waals surface area contributed by atoms with Crippen molar-refractivity contribution in [2.45, 2.75) is 29.3 Å². The van der Waals surface area contributed by atoms with Crippen LogP contribution in [-0.4, -0.2) is 49.7 Å². The average molecular weight is 550 g/mol. The van der Waals surface area contributed by atoms with E-state index in [2.05, 4.69) is 10.3 Å². The molecule has 1 unspecified atom stereocenters. The number of aromatic nitrogens is 1. The fourth-order valence-corrected chi connectivity index (χ4v) is 7.05. The summed E-state index contributed by atoms with van der Waals surface area (Å²) in [5, 5.41) is 14.9. The molecule has 2 aromatic heterocycles. The number of amidine groups is 1. The highest BCUT2D eigenvalue weighted by molar-refractivity contribution is 7.91. The Bertz CT molecular complexity index is 1610. The SMILES string of the molecule is COc1ccc2ccc(S(=O)(=O)[C@H](NC3CCN(Cc4ccnc(C(=N)N)c4)C3=O)c3ccsc3)cc2c1. The normalized spacial score (nSPS) is 16.6. The van der Waals surface area contributed by atoms with E-state index in [1.54, 1.807) is 66.1 Å². The maximum absolute atomic E-state index is 13.9. The molecule has 1 amide bonds. The van der Waals surface area contributed by atoms with Crippen LogP contribution >= 0.6 is 11.3 Å². The summed E-state index contributed by atoms with van der Waals surface area (Å²) in [4.78, 5) is 19.2. The van der Waals surface area contributed by atoms with Gasteiger partial charge >= 0.3 is 0 Å². The predicted molar refractivity (Wildman–Crippen MR) is 147 cm³/mol. The van der Waals surface area contributed by atoms with Crippen molar-refractivity contribution >= 4 is 43.7 Å². The maximum Gasteiger partial charge on any atom is 0.240 e. The van der Waals surface area contributed by atoms with Crippen LogP contribution in [0.5, 0.6) is 5.75 Å². The number of nitrogens with zero attached hydrogens (tertiary/aromatic N) is 2. The van der Waals surface area contributed by atoms with Crippen LogP contribution in [0.15, 0.2) is 76.4 Å². The van der Waals surface area contributed by atoms with Crippen molar-refractivity contribution in [1.82, 2.24) is 15.2 Å². The van der Waals surface area contributed by atoms with E-state index in [1.807, 2.05) is 17.5 Å². The standard InChI is InChI=1S/C27H27N5O4S2/c1-36-21-4-2-18-3-5-22(14-20(18)13-21)38(34,35)26(19-8-11-37-16-19)31-23-7-10-32(27(23)33)15-17-6-9-30-24(12-17)25(28)29/h2-6,8-9,11-14,16,23,26,31H,7,10,15H2,1H3,(H3,28,29)/t23?,26-/m0/s1. The number of ether oxygens (including phenoxy) is 1. The summed E-state index contributed by atoms with van der Waals surface area (Å²) in [6.07, 6.45) is 2.02. The van der Waals surface area contributed by atoms with Gasteiger partial charge in [-0.1, -0.05) is 12.1 Å². The van der Waals surface area contributed by atoms with Crippen molar-refractivity contribution in [3.8, 4) is 5.75 Å². The minimum Gasteiger partial charge on any atom is -0.497 e. The van der Waals surface area contributed by atoms with E-state index in [-0.39, 0.29) is 16.6 Å². The Morgan fingerprint density at radius 3 is 2.76 bits per heavy atom. The Balaban J connectivity index is 1.40. The number of hydrogen-bond donors (Lipinski definition) is 3. The lowest BCUT2D eigenvalue weighted by Crippen LogP contribution is -2.42. The number of sulfone groups is 1. The van der Waals surface area contributed by atoms with E-state index >= 15 is 0 Å². The number of methoxy groups -OCH3 is 1. The second-order valence-corrected chi connectivity index (χ2v) is 11.9. The number of hydrogen-bond acceptors (Lipinski definition) is 8. The first-order valence-electron chi connectivity index (χ1n) is 11.9. The van der Waals surface area contributed by atoms with Gasteiger partial charge in [0.1, 0.15) is 22.7 Å². The van der Waals surface area contributed by atoms with Crippen molar-refractivity contribution in [2.24, 2.45) is 5.73 Å². The van der Waals surface area contributed by atoms with E-state index in [4.69, 9.17) is 15.9 Å². The van der Waals surface area contributed by atoms with Gasteiger partial charge in [-0.25, -0.2) is 8.42 Å². The monoisotopic (exact) mass is 549 g/mol. The van der Waals surface area contributed by atoms with Crippen LogP contribution in [0.1, 0.15) is 28.6 Å². The first-order valence-corrected chi connectivity index (χ1v) is 14.4. The Labute approximate surface area is 224 Å². The number of carbonyl (C=O) groups excluding carboxylic acids is 1. The number of rotatable bonds is 9. The number of benzene rings is 2. The smallest absolute Gasteiger partial charge is 0.240 e. The molecule has 11 heteroatoms. The van der Waals surface area contributed by atoms with Crippen molar-refractivity contribution in [3.63, 3.8) is 0 Å². The number of likely N-dealkylation sites (tertiary alicyclic amines) is 1. The quantitative estimate of drug-likeness (QED) is 0.215. The van der Waals surface area contributed by atoms with Gasteiger partial charge in [0, 0.05) is 19.3 Å². The molecular formula is C27H27N5O4S2. The number of thiophene rings is 1. The average Bonchev–Trinajstić information content (AvgIpc) is 3.57. The van der Waals surface area contributed by atoms with Crippen molar-refractivity contribution in [2.75, 3.05) is 13.7 Å². The highest BCUT2D eigenvalue weighted by atomic mass is 32.2. The first kappa shape index (κ1) is 25.8. The number of nitrogens with one attached hydrogen (secondary N) is 2. The van der Waals surface area contributed by atoms with Gasteiger partial charge in [0.05, 0.1) is 18.0 Å². The molecule has 4 N–H and O–H groups in total. The van der Waals surface area contributed by atoms with Gasteiger partial charge in [-0.15, -0.1) is 0 Å². The minimum absolute atomic E-state index is 0.143. The summed E-state index contributed by atoms with van der Waals surface area (Å²) in [6, 6.07) is 15.1. The Morgan fingerprint density at radius 2 is 2.03 bits per heavy atom. The fourth-order valence-electron chi connectivity index (χ4n) is 4.61. The van der Waals surface area contributed by atoms with E-state index in [1.165, 1.54) is 11.3 Å². The fraction of sp³-hybridized carbons (Fsp3) is 0.222. The lowest BCUT2D eigenvalue weighted by Gasteiger charge is -2.23. The highest BCUT2D eigenvalue weighted by Gasteiger charge is 2.38. The molecule has 0 saturated carbocycles. The van der Waals surface area contributed by atoms with Gasteiger partial charge in [0.15, 0.2) is 9.84 Å². The number of fused-ring (bicyclic) bond motifs is 1. The summed E-state index contributed by atoms with van der Waals surface area (Å²) in [5.74, 6) is 0.320. The van der Waals surface area contributed by atoms with Gasteiger partial charge in [-0.3, -0.25) is 20.5 Å². The minimum atomic E-state index is -3.90. The molecule has 1 aliphatic rings. The van der Waals surface area contributed by atoms with Crippen LogP contribution in [0.25, 0.3) is 10.8 Å². The molecule has 4 aromatic rings. The molecule has 5 rings (SSSR count). The third kappa shape index (κ3) is 5.13. The third-order valence-electron chi connectivity index (χ3n) is 6.63. The molecule has 2 aromatic carbocycles. The number of nitrogen functional groups attached to an aromatic ring is 1. The summed E-state index contributed by atoms with van der Waals surface area (Å²) in [6.45, 7) is 0.794. The van der Waals surface area contributed by atoms with E-state index < -0.39 is 21.3 Å². The summed E-state index contributed by atoms with van der Waals surface area (Å²) < 4.78 is 33.2. The van der Waals surface area contributed by atoms with Crippen molar-refractivity contribution in [3.05, 3.63) is 88.4 Å². The molecule has 9 nitrogen and oxygen atoms in total. The van der Waals surface area contributed by atoms with Crippen LogP contribution < -0.4 is 15.8 Å². The maximum atomic E-state index is 13.9. The number of nitrogens with two attached hydrogens (primary N) is 1. The van der Waals surface area contributed by atoms with Crippen LogP contribution in [0, 0.1) is 5.41 Å². The Kier molecular flexibility index (Phi) is 7.15. The lowest BCUT2D eigenvalue weighted by molar-refractivity contribution is -0.130. The molecule has 2 atom stereocenters. The van der Waals surface area contributed by atoms with Crippen LogP contribution in [0.4, 0.5) is 0 Å². The molecular weight excluding hydrogens is 522 g/mol. The molecule has 3 heterocycles. The van der Waals surface area contributed by atoms with Crippen LogP contribution in [0.2, 0.25) is 0 Å². The molecule has 38 heavy (non-hydrogen) atoms. The molecule has 196 valence electrons. The zero-order valence-electron chi connectivity index (χ0n) is 20.6. The largest absolute Gasteiger partial charge is 0.497 e. The summed E-state index contributed by atoms with van der Waals surface area (Å²) >= 11 is 1.40. The Morgan fingerprint density at radius 1 is 1.21 bits per heavy atom. The molecule has 0 aliphatic carbocycles. The molecule has 1 aliphatic heterocycles. The molecule has 1 fully saturated rings. The topological polar surface area (TPSA) is 138 Å². The molecule has 0 radical (unpaired) electrons.